The molecule has 0 aliphatic carbocycles. The number of ether oxygens (including phenoxy) is 2. The van der Waals surface area contributed by atoms with Crippen molar-refractivity contribution in [2.75, 3.05) is 27.3 Å². The summed E-state index contributed by atoms with van der Waals surface area (Å²) in [5, 5.41) is 0. The smallest absolute Gasteiger partial charge is 0.254 e. The monoisotopic (exact) mass is 487 g/mol. The molecular weight excluding hydrogens is 458 g/mol. The van der Waals surface area contributed by atoms with Crippen LogP contribution in [-0.2, 0) is 6.42 Å². The third-order valence-electron chi connectivity index (χ3n) is 5.73. The van der Waals surface area contributed by atoms with Gasteiger partial charge in [0.15, 0.2) is 5.78 Å². The van der Waals surface area contributed by atoms with Crippen LogP contribution in [0.5, 0.6) is 11.5 Å². The molecule has 1 heterocycles. The normalized spacial score (nSPS) is 14.6. The summed E-state index contributed by atoms with van der Waals surface area (Å²) in [6, 6.07) is 11.4. The van der Waals surface area contributed by atoms with E-state index in [4.69, 9.17) is 9.47 Å². The van der Waals surface area contributed by atoms with Gasteiger partial charge in [-0.2, -0.15) is 0 Å². The topological polar surface area (TPSA) is 55.8 Å². The zero-order valence-electron chi connectivity index (χ0n) is 18.6. The van der Waals surface area contributed by atoms with Crippen LogP contribution in [0.3, 0.4) is 0 Å². The second-order valence-electron chi connectivity index (χ2n) is 8.42. The lowest BCUT2D eigenvalue weighted by atomic mass is 9.88. The van der Waals surface area contributed by atoms with E-state index in [0.717, 1.165) is 12.0 Å². The largest absolute Gasteiger partial charge is 0.495 e. The van der Waals surface area contributed by atoms with Gasteiger partial charge in [-0.15, -0.1) is 0 Å². The number of nitrogens with zero attached hydrogens (tertiary/aromatic N) is 1. The molecule has 0 aromatic heterocycles. The second-order valence-corrected chi connectivity index (χ2v) is 9.21. The van der Waals surface area contributed by atoms with Crippen molar-refractivity contribution in [3.63, 3.8) is 0 Å². The molecule has 5 nitrogen and oxygen atoms in total. The number of Topliss-reactive ketones (excluding diaryl/α,β-unsaturated/α-hetero) is 1. The molecule has 1 aliphatic rings. The van der Waals surface area contributed by atoms with Crippen LogP contribution in [0.1, 0.15) is 53.0 Å². The summed E-state index contributed by atoms with van der Waals surface area (Å²) < 4.78 is 11.4. The van der Waals surface area contributed by atoms with E-state index < -0.39 is 0 Å². The van der Waals surface area contributed by atoms with Gasteiger partial charge in [0.25, 0.3) is 5.91 Å². The molecule has 31 heavy (non-hydrogen) atoms. The number of hydrogen-bond acceptors (Lipinski definition) is 4. The number of hydrogen-bond donors (Lipinski definition) is 0. The molecule has 1 aliphatic heterocycles. The Kier molecular flexibility index (Phi) is 7.76. The molecule has 0 unspecified atom stereocenters. The minimum absolute atomic E-state index is 0.0472. The predicted octanol–water partition coefficient (Wildman–Crippen LogP) is 5.40. The van der Waals surface area contributed by atoms with Crippen molar-refractivity contribution < 1.29 is 19.1 Å². The molecule has 1 saturated heterocycles. The van der Waals surface area contributed by atoms with Gasteiger partial charge in [0.05, 0.1) is 14.2 Å². The number of carbonyl (C=O) groups excluding carboxylic acids is 2. The lowest BCUT2D eigenvalue weighted by molar-refractivity contribution is 0.0650. The van der Waals surface area contributed by atoms with Gasteiger partial charge in [-0.05, 0) is 58.8 Å². The SMILES string of the molecule is COc1cc(C(=O)N2CCC(C(=O)c3ccc(CC(C)C)cc3)CC2)cc(OC)c1Br. The fraction of sp³-hybridized carbons (Fsp3) is 0.440. The number of carbonyl (C=O) groups is 2. The number of halogens is 1. The Labute approximate surface area is 192 Å². The van der Waals surface area contributed by atoms with Crippen molar-refractivity contribution in [1.82, 2.24) is 4.90 Å². The molecule has 0 radical (unpaired) electrons. The van der Waals surface area contributed by atoms with Gasteiger partial charge in [-0.3, -0.25) is 9.59 Å². The van der Waals surface area contributed by atoms with Gasteiger partial charge < -0.3 is 14.4 Å². The number of likely N-dealkylation sites (tertiary alicyclic amines) is 1. The van der Waals surface area contributed by atoms with Crippen molar-refractivity contribution in [2.45, 2.75) is 33.1 Å². The molecule has 0 N–H and O–H groups in total. The van der Waals surface area contributed by atoms with E-state index in [1.54, 1.807) is 31.3 Å². The molecule has 166 valence electrons. The van der Waals surface area contributed by atoms with Gasteiger partial charge >= 0.3 is 0 Å². The molecule has 0 bridgehead atoms. The second kappa shape index (κ2) is 10.3. The zero-order chi connectivity index (χ0) is 22.5. The molecule has 0 spiro atoms. The summed E-state index contributed by atoms with van der Waals surface area (Å²) in [4.78, 5) is 27.8. The number of piperidine rings is 1. The highest BCUT2D eigenvalue weighted by Gasteiger charge is 2.29. The maximum atomic E-state index is 13.0. The summed E-state index contributed by atoms with van der Waals surface area (Å²) in [6.07, 6.45) is 2.35. The Balaban J connectivity index is 1.64. The average Bonchev–Trinajstić information content (AvgIpc) is 2.78. The molecule has 0 saturated carbocycles. The predicted molar refractivity (Wildman–Crippen MR) is 125 cm³/mol. The fourth-order valence-corrected chi connectivity index (χ4v) is 4.59. The van der Waals surface area contributed by atoms with Crippen LogP contribution in [0.15, 0.2) is 40.9 Å². The van der Waals surface area contributed by atoms with E-state index in [0.29, 0.717) is 53.4 Å². The Hall–Kier alpha value is -2.34. The van der Waals surface area contributed by atoms with Crippen molar-refractivity contribution in [3.8, 4) is 11.5 Å². The highest BCUT2D eigenvalue weighted by atomic mass is 79.9. The standard InChI is InChI=1S/C25H30BrNO4/c1-16(2)13-17-5-7-18(8-6-17)24(28)19-9-11-27(12-10-19)25(29)20-14-21(30-3)23(26)22(15-20)31-4/h5-8,14-16,19H,9-13H2,1-4H3. The van der Waals surface area contributed by atoms with Gasteiger partial charge in [-0.25, -0.2) is 0 Å². The summed E-state index contributed by atoms with van der Waals surface area (Å²) >= 11 is 3.43. The molecule has 3 rings (SSSR count). The molecule has 1 amide bonds. The summed E-state index contributed by atoms with van der Waals surface area (Å²) in [5.74, 6) is 1.74. The van der Waals surface area contributed by atoms with Crippen LogP contribution in [0, 0.1) is 11.8 Å². The van der Waals surface area contributed by atoms with E-state index >= 15 is 0 Å². The van der Waals surface area contributed by atoms with Crippen LogP contribution >= 0.6 is 15.9 Å². The average molecular weight is 488 g/mol. The number of ketones is 1. The third kappa shape index (κ3) is 5.48. The lowest BCUT2D eigenvalue weighted by Gasteiger charge is -2.31. The van der Waals surface area contributed by atoms with Gasteiger partial charge in [0, 0.05) is 30.1 Å². The summed E-state index contributed by atoms with van der Waals surface area (Å²) in [6.45, 7) is 5.49. The maximum absolute atomic E-state index is 13.0. The molecule has 0 atom stereocenters. The lowest BCUT2D eigenvalue weighted by Crippen LogP contribution is -2.40. The van der Waals surface area contributed by atoms with Gasteiger partial charge in [0.1, 0.15) is 16.0 Å². The number of methoxy groups -OCH3 is 2. The highest BCUT2D eigenvalue weighted by Crippen LogP contribution is 2.36. The Bertz CT molecular complexity index is 906. The Morgan fingerprint density at radius 2 is 1.55 bits per heavy atom. The summed E-state index contributed by atoms with van der Waals surface area (Å²) in [7, 11) is 3.11. The maximum Gasteiger partial charge on any atom is 0.254 e. The fourth-order valence-electron chi connectivity index (χ4n) is 4.03. The number of benzene rings is 2. The van der Waals surface area contributed by atoms with Crippen LogP contribution < -0.4 is 9.47 Å². The molecular formula is C25H30BrNO4. The van der Waals surface area contributed by atoms with E-state index in [-0.39, 0.29) is 17.6 Å². The molecule has 2 aromatic carbocycles. The quantitative estimate of drug-likeness (QED) is 0.490. The number of rotatable bonds is 7. The Morgan fingerprint density at radius 1 is 1.00 bits per heavy atom. The van der Waals surface area contributed by atoms with Crippen LogP contribution in [-0.4, -0.2) is 43.9 Å². The minimum atomic E-state index is -0.0759. The molecule has 2 aromatic rings. The van der Waals surface area contributed by atoms with E-state index in [9.17, 15) is 9.59 Å². The van der Waals surface area contributed by atoms with Gasteiger partial charge in [0.2, 0.25) is 0 Å². The number of amides is 1. The van der Waals surface area contributed by atoms with Crippen LogP contribution in [0.2, 0.25) is 0 Å². The zero-order valence-corrected chi connectivity index (χ0v) is 20.2. The minimum Gasteiger partial charge on any atom is -0.495 e. The molecule has 6 heteroatoms. The molecule has 1 fully saturated rings. The first-order valence-corrected chi connectivity index (χ1v) is 11.5. The highest BCUT2D eigenvalue weighted by molar-refractivity contribution is 9.10. The summed E-state index contributed by atoms with van der Waals surface area (Å²) in [5.41, 5.74) is 2.54. The van der Waals surface area contributed by atoms with Crippen LogP contribution in [0.25, 0.3) is 0 Å². The van der Waals surface area contributed by atoms with E-state index in [1.807, 2.05) is 12.1 Å². The van der Waals surface area contributed by atoms with Crippen molar-refractivity contribution in [3.05, 3.63) is 57.6 Å². The first kappa shape index (κ1) is 23.3. The Morgan fingerprint density at radius 3 is 2.03 bits per heavy atom. The van der Waals surface area contributed by atoms with Gasteiger partial charge in [-0.1, -0.05) is 38.1 Å². The van der Waals surface area contributed by atoms with Crippen molar-refractivity contribution in [1.29, 1.82) is 0 Å². The van der Waals surface area contributed by atoms with Crippen molar-refractivity contribution in [2.24, 2.45) is 11.8 Å². The van der Waals surface area contributed by atoms with E-state index in [2.05, 4.69) is 41.9 Å². The third-order valence-corrected chi connectivity index (χ3v) is 6.51. The first-order valence-electron chi connectivity index (χ1n) is 10.7. The van der Waals surface area contributed by atoms with E-state index in [1.165, 1.54) is 5.56 Å². The first-order chi connectivity index (χ1) is 14.8. The van der Waals surface area contributed by atoms with Crippen molar-refractivity contribution >= 4 is 27.6 Å². The van der Waals surface area contributed by atoms with Crippen LogP contribution in [0.4, 0.5) is 0 Å².